The third kappa shape index (κ3) is 16.2. The number of carbonyl (C=O) groups is 2. The normalized spacial score (nSPS) is 18.0. The molecule has 2 N–H and O–H groups in total. The SMILES string of the molecule is [C-]#[N+]CCOP(OC1C[C@H](n2cc(/C=C/C(=O)NCCCCCCCC(=O)CCCCCN=[N+]=[N-])c(=O)[nH]c2=O)O[C@@H]1CC)N(C(C)C)C(C)C. The van der Waals surface area contributed by atoms with Crippen molar-refractivity contribution >= 4 is 26.3 Å². The Morgan fingerprint density at radius 3 is 2.45 bits per heavy atom. The highest BCUT2D eigenvalue weighted by atomic mass is 31.2. The van der Waals surface area contributed by atoms with E-state index in [9.17, 15) is 19.2 Å². The first-order chi connectivity index (χ1) is 24.5. The number of Topliss-reactive ketones (excluding diaryl/α,β-unsaturated/α-hetero) is 1. The minimum atomic E-state index is -1.51. The predicted octanol–water partition coefficient (Wildman–Crippen LogP) is 6.81. The van der Waals surface area contributed by atoms with Gasteiger partial charge in [-0.15, -0.1) is 0 Å². The van der Waals surface area contributed by atoms with E-state index in [0.29, 0.717) is 38.8 Å². The Kier molecular flexibility index (Phi) is 21.3. The summed E-state index contributed by atoms with van der Waals surface area (Å²) in [4.78, 5) is 58.4. The number of hydrogen-bond acceptors (Lipinski definition) is 9. The molecule has 0 aliphatic carbocycles. The van der Waals surface area contributed by atoms with Gasteiger partial charge in [0.05, 0.1) is 17.8 Å². The fourth-order valence-corrected chi connectivity index (χ4v) is 7.60. The zero-order chi connectivity index (χ0) is 37.6. The molecule has 0 spiro atoms. The van der Waals surface area contributed by atoms with E-state index in [4.69, 9.17) is 25.9 Å². The third-order valence-electron chi connectivity index (χ3n) is 8.39. The molecule has 16 heteroatoms. The average molecular weight is 733 g/mol. The summed E-state index contributed by atoms with van der Waals surface area (Å²) in [5.74, 6) is -0.0733. The lowest BCUT2D eigenvalue weighted by Gasteiger charge is -2.37. The maximum atomic E-state index is 12.9. The lowest BCUT2D eigenvalue weighted by atomic mass is 10.0. The van der Waals surface area contributed by atoms with Crippen LogP contribution in [0.25, 0.3) is 21.4 Å². The molecular weight excluding hydrogens is 675 g/mol. The highest BCUT2D eigenvalue weighted by molar-refractivity contribution is 7.44. The number of ketones is 1. The van der Waals surface area contributed by atoms with Gasteiger partial charge >= 0.3 is 5.69 Å². The van der Waals surface area contributed by atoms with E-state index in [1.807, 2.05) is 6.92 Å². The molecule has 51 heavy (non-hydrogen) atoms. The van der Waals surface area contributed by atoms with E-state index < -0.39 is 26.0 Å². The lowest BCUT2D eigenvalue weighted by molar-refractivity contribution is -0.119. The van der Waals surface area contributed by atoms with Crippen LogP contribution < -0.4 is 16.6 Å². The summed E-state index contributed by atoms with van der Waals surface area (Å²) in [5.41, 5.74) is 7.18. The molecule has 0 aromatic carbocycles. The Morgan fingerprint density at radius 2 is 1.80 bits per heavy atom. The van der Waals surface area contributed by atoms with Crippen LogP contribution >= 0.6 is 8.53 Å². The molecule has 0 bridgehead atoms. The minimum absolute atomic E-state index is 0.133. The molecule has 2 heterocycles. The zero-order valence-corrected chi connectivity index (χ0v) is 31.8. The monoisotopic (exact) mass is 732 g/mol. The summed E-state index contributed by atoms with van der Waals surface area (Å²) >= 11 is 0. The Hall–Kier alpha value is -3.37. The number of nitrogens with one attached hydrogen (secondary N) is 2. The second-order valence-corrected chi connectivity index (χ2v) is 14.5. The van der Waals surface area contributed by atoms with Crippen molar-refractivity contribution in [2.24, 2.45) is 5.11 Å². The molecule has 2 unspecified atom stereocenters. The van der Waals surface area contributed by atoms with Crippen molar-refractivity contribution in [3.05, 3.63) is 60.5 Å². The molecular formula is C35H57N8O7P. The zero-order valence-electron chi connectivity index (χ0n) is 30.9. The number of aromatic amines is 1. The van der Waals surface area contributed by atoms with Crippen molar-refractivity contribution in [1.29, 1.82) is 0 Å². The minimum Gasteiger partial charge on any atom is -0.353 e. The van der Waals surface area contributed by atoms with Crippen molar-refractivity contribution < 1.29 is 23.4 Å². The van der Waals surface area contributed by atoms with Crippen LogP contribution in [0, 0.1) is 6.57 Å². The lowest BCUT2D eigenvalue weighted by Crippen LogP contribution is -2.36. The maximum absolute atomic E-state index is 12.9. The number of amides is 1. The topological polar surface area (TPSA) is 185 Å². The van der Waals surface area contributed by atoms with E-state index in [2.05, 4.69) is 57.5 Å². The van der Waals surface area contributed by atoms with Crippen LogP contribution in [-0.2, 0) is 23.4 Å². The van der Waals surface area contributed by atoms with Crippen molar-refractivity contribution in [3.8, 4) is 0 Å². The Balaban J connectivity index is 1.87. The van der Waals surface area contributed by atoms with Gasteiger partial charge in [0.1, 0.15) is 18.6 Å². The van der Waals surface area contributed by atoms with Crippen molar-refractivity contribution in [3.63, 3.8) is 0 Å². The molecule has 1 aromatic heterocycles. The van der Waals surface area contributed by atoms with Crippen LogP contribution in [0.5, 0.6) is 0 Å². The number of nitrogens with zero attached hydrogens (tertiary/aromatic N) is 6. The first-order valence-electron chi connectivity index (χ1n) is 18.2. The number of unbranched alkanes of at least 4 members (excludes halogenated alkanes) is 6. The summed E-state index contributed by atoms with van der Waals surface area (Å²) in [5, 5.41) is 6.32. The molecule has 0 saturated carbocycles. The maximum Gasteiger partial charge on any atom is 0.330 e. The molecule has 15 nitrogen and oxygen atoms in total. The van der Waals surface area contributed by atoms with Gasteiger partial charge in [-0.1, -0.05) is 37.7 Å². The molecule has 1 saturated heterocycles. The number of azide groups is 1. The summed E-state index contributed by atoms with van der Waals surface area (Å²) in [6.07, 6.45) is 11.8. The van der Waals surface area contributed by atoms with Crippen LogP contribution in [-0.4, -0.2) is 76.4 Å². The molecule has 4 atom stereocenters. The quantitative estimate of drug-likeness (QED) is 0.0198. The summed E-state index contributed by atoms with van der Waals surface area (Å²) < 4.78 is 22.4. The fraction of sp³-hybridized carbons (Fsp3) is 0.743. The molecule has 1 aromatic rings. The van der Waals surface area contributed by atoms with Crippen LogP contribution in [0.1, 0.15) is 123 Å². The second-order valence-electron chi connectivity index (χ2n) is 13.1. The van der Waals surface area contributed by atoms with Gasteiger partial charge in [0, 0.05) is 61.6 Å². The number of ether oxygens (including phenoxy) is 1. The highest BCUT2D eigenvalue weighted by Gasteiger charge is 2.40. The number of H-pyrrole nitrogens is 1. The van der Waals surface area contributed by atoms with Gasteiger partial charge in [-0.05, 0) is 71.4 Å². The van der Waals surface area contributed by atoms with Gasteiger partial charge in [-0.25, -0.2) is 16.0 Å². The van der Waals surface area contributed by atoms with Crippen molar-refractivity contribution in [1.82, 2.24) is 19.5 Å². The number of aromatic nitrogens is 2. The summed E-state index contributed by atoms with van der Waals surface area (Å²) in [6, 6.07) is 0.267. The van der Waals surface area contributed by atoms with E-state index >= 15 is 0 Å². The number of rotatable bonds is 26. The summed E-state index contributed by atoms with van der Waals surface area (Å²) in [6.45, 7) is 18.8. The Bertz CT molecular complexity index is 1440. The number of carbonyl (C=O) groups excluding carboxylic acids is 2. The van der Waals surface area contributed by atoms with E-state index in [-0.39, 0.29) is 54.7 Å². The van der Waals surface area contributed by atoms with Crippen LogP contribution in [0.3, 0.4) is 0 Å². The largest absolute Gasteiger partial charge is 0.353 e. The van der Waals surface area contributed by atoms with E-state index in [0.717, 1.165) is 51.4 Å². The van der Waals surface area contributed by atoms with Gasteiger partial charge in [0.2, 0.25) is 12.5 Å². The molecule has 2 rings (SSSR count). The third-order valence-corrected chi connectivity index (χ3v) is 10.5. The molecule has 1 fully saturated rings. The first-order valence-corrected chi connectivity index (χ1v) is 19.4. The number of hydrogen-bond donors (Lipinski definition) is 2. The Morgan fingerprint density at radius 1 is 1.14 bits per heavy atom. The highest BCUT2D eigenvalue weighted by Crippen LogP contribution is 2.50. The molecule has 1 aliphatic heterocycles. The predicted molar refractivity (Wildman–Crippen MR) is 199 cm³/mol. The molecule has 1 aliphatic rings. The van der Waals surface area contributed by atoms with Crippen molar-refractivity contribution in [2.75, 3.05) is 26.2 Å². The molecule has 1 amide bonds. The average Bonchev–Trinajstić information content (AvgIpc) is 3.49. The molecule has 284 valence electrons. The summed E-state index contributed by atoms with van der Waals surface area (Å²) in [7, 11) is -1.51. The fourth-order valence-electron chi connectivity index (χ4n) is 5.85. The van der Waals surface area contributed by atoms with Crippen LogP contribution in [0.15, 0.2) is 27.0 Å². The Labute approximate surface area is 302 Å². The second kappa shape index (κ2) is 24.8. The van der Waals surface area contributed by atoms with E-state index in [1.54, 1.807) is 0 Å². The smallest absolute Gasteiger partial charge is 0.330 e. The van der Waals surface area contributed by atoms with Crippen molar-refractivity contribution in [2.45, 2.75) is 142 Å². The van der Waals surface area contributed by atoms with Gasteiger partial charge < -0.3 is 23.9 Å². The van der Waals surface area contributed by atoms with Gasteiger partial charge in [-0.2, -0.15) is 0 Å². The van der Waals surface area contributed by atoms with E-state index in [1.165, 1.54) is 22.9 Å². The van der Waals surface area contributed by atoms with Crippen LogP contribution in [0.4, 0.5) is 0 Å². The van der Waals surface area contributed by atoms with Gasteiger partial charge in [0.25, 0.3) is 14.1 Å². The van der Waals surface area contributed by atoms with Gasteiger partial charge in [-0.3, -0.25) is 23.9 Å². The van der Waals surface area contributed by atoms with Crippen LogP contribution in [0.2, 0.25) is 0 Å². The molecule has 0 radical (unpaired) electrons. The standard InChI is InChI=1S/C35H57N8O7P/c1-7-30-31(50-51(48-23-22-37-6)43(26(2)3)27(4)5)24-33(49-30)42-25-28(34(46)40-35(42)47)18-19-32(45)38-20-14-10-8-9-12-16-29(44)17-13-11-15-21-39-41-36/h18-19,25-27,30-31,33H,7-17,20-24H2,1-5H3,(H,38,45)(H,40,46,47)/b19-18+/t30-,31?,33-,51?/m1/s1. The first kappa shape index (κ1) is 43.8. The van der Waals surface area contributed by atoms with Gasteiger partial charge in [0.15, 0.2) is 0 Å².